The van der Waals surface area contributed by atoms with Crippen LogP contribution in [0.4, 0.5) is 4.79 Å². The van der Waals surface area contributed by atoms with Crippen molar-refractivity contribution in [2.75, 3.05) is 19.6 Å². The summed E-state index contributed by atoms with van der Waals surface area (Å²) in [6, 6.07) is 13.1. The van der Waals surface area contributed by atoms with Gasteiger partial charge in [-0.1, -0.05) is 40.2 Å². The molecule has 0 spiro atoms. The SMILES string of the molecule is C[C@H]1CN(Cc2ccc3c(Br)cccc3c2)CCN1C(=O)OC(C)(C)C. The lowest BCUT2D eigenvalue weighted by Crippen LogP contribution is -2.54. The molecule has 0 radical (unpaired) electrons. The summed E-state index contributed by atoms with van der Waals surface area (Å²) >= 11 is 3.61. The average Bonchev–Trinajstić information content (AvgIpc) is 2.53. The van der Waals surface area contributed by atoms with E-state index in [1.807, 2.05) is 25.7 Å². The molecular weight excluding hydrogens is 392 g/mol. The lowest BCUT2D eigenvalue weighted by molar-refractivity contribution is 0.000567. The van der Waals surface area contributed by atoms with E-state index in [-0.39, 0.29) is 12.1 Å². The molecule has 1 aliphatic rings. The molecule has 2 aromatic rings. The van der Waals surface area contributed by atoms with Gasteiger partial charge in [-0.2, -0.15) is 0 Å². The second-order valence-corrected chi connectivity index (χ2v) is 8.91. The zero-order chi connectivity index (χ0) is 18.9. The van der Waals surface area contributed by atoms with E-state index < -0.39 is 5.60 Å². The maximum absolute atomic E-state index is 12.3. The lowest BCUT2D eigenvalue weighted by Gasteiger charge is -2.40. The fourth-order valence-corrected chi connectivity index (χ4v) is 3.93. The molecule has 1 fully saturated rings. The van der Waals surface area contributed by atoms with Gasteiger partial charge < -0.3 is 9.64 Å². The van der Waals surface area contributed by atoms with Crippen LogP contribution >= 0.6 is 15.9 Å². The number of ether oxygens (including phenoxy) is 1. The minimum Gasteiger partial charge on any atom is -0.444 e. The van der Waals surface area contributed by atoms with E-state index in [4.69, 9.17) is 4.74 Å². The average molecular weight is 419 g/mol. The first-order valence-corrected chi connectivity index (χ1v) is 9.91. The predicted octanol–water partition coefficient (Wildman–Crippen LogP) is 5.04. The first-order valence-electron chi connectivity index (χ1n) is 9.12. The molecule has 0 bridgehead atoms. The van der Waals surface area contributed by atoms with Crippen molar-refractivity contribution in [2.45, 2.75) is 45.9 Å². The third-order valence-corrected chi connectivity index (χ3v) is 5.33. The van der Waals surface area contributed by atoms with E-state index in [1.54, 1.807) is 0 Å². The zero-order valence-electron chi connectivity index (χ0n) is 16.0. The van der Waals surface area contributed by atoms with Gasteiger partial charge in [0.05, 0.1) is 0 Å². The molecule has 0 unspecified atom stereocenters. The highest BCUT2D eigenvalue weighted by Crippen LogP contribution is 2.25. The van der Waals surface area contributed by atoms with Crippen LogP contribution in [0, 0.1) is 0 Å². The Morgan fingerprint density at radius 2 is 2.00 bits per heavy atom. The first kappa shape index (κ1) is 19.2. The van der Waals surface area contributed by atoms with Gasteiger partial charge in [-0.05, 0) is 56.2 Å². The van der Waals surface area contributed by atoms with Gasteiger partial charge in [-0.3, -0.25) is 4.90 Å². The minimum absolute atomic E-state index is 0.146. The Hall–Kier alpha value is -1.59. The van der Waals surface area contributed by atoms with Crippen molar-refractivity contribution < 1.29 is 9.53 Å². The Morgan fingerprint density at radius 1 is 1.23 bits per heavy atom. The fraction of sp³-hybridized carbons (Fsp3) is 0.476. The van der Waals surface area contributed by atoms with Crippen molar-refractivity contribution in [1.29, 1.82) is 0 Å². The number of carbonyl (C=O) groups is 1. The fourth-order valence-electron chi connectivity index (χ4n) is 3.42. The van der Waals surface area contributed by atoms with Crippen molar-refractivity contribution in [2.24, 2.45) is 0 Å². The van der Waals surface area contributed by atoms with Crippen LogP contribution in [0.25, 0.3) is 10.8 Å². The largest absolute Gasteiger partial charge is 0.444 e. The van der Waals surface area contributed by atoms with E-state index in [2.05, 4.69) is 64.2 Å². The molecule has 3 rings (SSSR count). The molecular formula is C21H27BrN2O2. The van der Waals surface area contributed by atoms with E-state index >= 15 is 0 Å². The molecule has 5 heteroatoms. The van der Waals surface area contributed by atoms with Gasteiger partial charge in [-0.25, -0.2) is 4.79 Å². The Kier molecular flexibility index (Phi) is 5.58. The molecule has 140 valence electrons. The zero-order valence-corrected chi connectivity index (χ0v) is 17.5. The van der Waals surface area contributed by atoms with Crippen LogP contribution in [0.2, 0.25) is 0 Å². The molecule has 0 aliphatic carbocycles. The molecule has 1 heterocycles. The normalized spacial score (nSPS) is 19.0. The third-order valence-electron chi connectivity index (χ3n) is 4.64. The number of benzene rings is 2. The molecule has 2 aromatic carbocycles. The topological polar surface area (TPSA) is 32.8 Å². The van der Waals surface area contributed by atoms with Gasteiger partial charge in [0.25, 0.3) is 0 Å². The van der Waals surface area contributed by atoms with E-state index in [0.29, 0.717) is 6.54 Å². The molecule has 1 atom stereocenters. The van der Waals surface area contributed by atoms with Crippen LogP contribution in [0.1, 0.15) is 33.3 Å². The van der Waals surface area contributed by atoms with Gasteiger partial charge in [0.1, 0.15) is 5.60 Å². The van der Waals surface area contributed by atoms with Gasteiger partial charge in [-0.15, -0.1) is 0 Å². The van der Waals surface area contributed by atoms with E-state index in [9.17, 15) is 4.79 Å². The molecule has 1 aliphatic heterocycles. The monoisotopic (exact) mass is 418 g/mol. The highest BCUT2D eigenvalue weighted by Gasteiger charge is 2.30. The molecule has 0 saturated carbocycles. The number of rotatable bonds is 2. The molecule has 26 heavy (non-hydrogen) atoms. The lowest BCUT2D eigenvalue weighted by atomic mass is 10.1. The molecule has 1 amide bonds. The van der Waals surface area contributed by atoms with Gasteiger partial charge in [0.2, 0.25) is 0 Å². The molecule has 1 saturated heterocycles. The van der Waals surface area contributed by atoms with Crippen molar-refractivity contribution in [3.63, 3.8) is 0 Å². The summed E-state index contributed by atoms with van der Waals surface area (Å²) in [6.07, 6.45) is -0.208. The van der Waals surface area contributed by atoms with Crippen molar-refractivity contribution >= 4 is 32.8 Å². The van der Waals surface area contributed by atoms with E-state index in [0.717, 1.165) is 24.1 Å². The predicted molar refractivity (Wildman–Crippen MR) is 109 cm³/mol. The number of fused-ring (bicyclic) bond motifs is 1. The summed E-state index contributed by atoms with van der Waals surface area (Å²) in [6.45, 7) is 11.1. The van der Waals surface area contributed by atoms with Gasteiger partial charge in [0.15, 0.2) is 0 Å². The van der Waals surface area contributed by atoms with Crippen LogP contribution in [0.15, 0.2) is 40.9 Å². The number of hydrogen-bond acceptors (Lipinski definition) is 3. The van der Waals surface area contributed by atoms with Crippen LogP contribution in [0.5, 0.6) is 0 Å². The minimum atomic E-state index is -0.451. The second-order valence-electron chi connectivity index (χ2n) is 8.05. The molecule has 0 aromatic heterocycles. The van der Waals surface area contributed by atoms with Gasteiger partial charge in [0, 0.05) is 36.7 Å². The second kappa shape index (κ2) is 7.57. The Labute approximate surface area is 164 Å². The van der Waals surface area contributed by atoms with Crippen LogP contribution in [-0.2, 0) is 11.3 Å². The quantitative estimate of drug-likeness (QED) is 0.684. The number of nitrogens with zero attached hydrogens (tertiary/aromatic N) is 2. The van der Waals surface area contributed by atoms with Crippen LogP contribution in [-0.4, -0.2) is 47.2 Å². The van der Waals surface area contributed by atoms with Gasteiger partial charge >= 0.3 is 6.09 Å². The Balaban J connectivity index is 1.64. The van der Waals surface area contributed by atoms with Crippen molar-refractivity contribution in [1.82, 2.24) is 9.80 Å². The smallest absolute Gasteiger partial charge is 0.410 e. The number of carbonyl (C=O) groups excluding carboxylic acids is 1. The summed E-state index contributed by atoms with van der Waals surface area (Å²) in [5, 5.41) is 2.48. The highest BCUT2D eigenvalue weighted by molar-refractivity contribution is 9.10. The number of halogens is 1. The van der Waals surface area contributed by atoms with Crippen LogP contribution in [0.3, 0.4) is 0 Å². The standard InChI is InChI=1S/C21H27BrN2O2/c1-15-13-23(10-11-24(15)20(25)26-21(2,3)4)14-16-8-9-18-17(12-16)6-5-7-19(18)22/h5-9,12,15H,10-11,13-14H2,1-4H3/t15-/m0/s1. The maximum Gasteiger partial charge on any atom is 0.410 e. The molecule has 4 nitrogen and oxygen atoms in total. The summed E-state index contributed by atoms with van der Waals surface area (Å²) in [5.41, 5.74) is 0.848. The highest BCUT2D eigenvalue weighted by atomic mass is 79.9. The number of hydrogen-bond donors (Lipinski definition) is 0. The summed E-state index contributed by atoms with van der Waals surface area (Å²) in [7, 11) is 0. The maximum atomic E-state index is 12.3. The number of amides is 1. The Bertz CT molecular complexity index is 800. The van der Waals surface area contributed by atoms with Crippen LogP contribution < -0.4 is 0 Å². The first-order chi connectivity index (χ1) is 12.2. The Morgan fingerprint density at radius 3 is 2.69 bits per heavy atom. The van der Waals surface area contributed by atoms with Crippen molar-refractivity contribution in [3.8, 4) is 0 Å². The summed E-state index contributed by atoms with van der Waals surface area (Å²) < 4.78 is 6.65. The van der Waals surface area contributed by atoms with Crippen molar-refractivity contribution in [3.05, 3.63) is 46.4 Å². The summed E-state index contributed by atoms with van der Waals surface area (Å²) in [4.78, 5) is 16.6. The van der Waals surface area contributed by atoms with E-state index in [1.165, 1.54) is 16.3 Å². The number of piperazine rings is 1. The molecule has 0 N–H and O–H groups in total. The third kappa shape index (κ3) is 4.57. The summed E-state index contributed by atoms with van der Waals surface area (Å²) in [5.74, 6) is 0.